The van der Waals surface area contributed by atoms with Crippen LogP contribution in [-0.2, 0) is 9.53 Å². The predicted octanol–water partition coefficient (Wildman–Crippen LogP) is 3.40. The molecular weight excluding hydrogens is 346 g/mol. The van der Waals surface area contributed by atoms with Crippen molar-refractivity contribution < 1.29 is 9.53 Å². The maximum atomic E-state index is 12.9. The Bertz CT molecular complexity index is 713. The van der Waals surface area contributed by atoms with E-state index in [9.17, 15) is 4.79 Å². The molecule has 2 aliphatic heterocycles. The van der Waals surface area contributed by atoms with E-state index in [1.165, 1.54) is 4.70 Å². The molecule has 2 aromatic rings. The van der Waals surface area contributed by atoms with Crippen molar-refractivity contribution in [2.24, 2.45) is 11.8 Å². The van der Waals surface area contributed by atoms with E-state index in [-0.39, 0.29) is 5.92 Å². The van der Waals surface area contributed by atoms with Gasteiger partial charge in [-0.15, -0.1) is 0 Å². The molecule has 26 heavy (non-hydrogen) atoms. The van der Waals surface area contributed by atoms with Crippen LogP contribution in [0.1, 0.15) is 25.7 Å². The number of carbonyl (C=O) groups excluding carboxylic acids is 1. The number of anilines is 1. The second-order valence-electron chi connectivity index (χ2n) is 7.45. The number of piperidine rings is 2. The van der Waals surface area contributed by atoms with Crippen LogP contribution in [0.15, 0.2) is 24.3 Å². The minimum absolute atomic E-state index is 0.180. The van der Waals surface area contributed by atoms with Crippen LogP contribution in [0.2, 0.25) is 0 Å². The highest BCUT2D eigenvalue weighted by Gasteiger charge is 2.31. The first kappa shape index (κ1) is 17.7. The number of methoxy groups -OCH3 is 1. The topological polar surface area (TPSA) is 45.7 Å². The number of likely N-dealkylation sites (tertiary alicyclic amines) is 1. The van der Waals surface area contributed by atoms with E-state index in [1.54, 1.807) is 18.4 Å². The molecule has 0 aliphatic carbocycles. The van der Waals surface area contributed by atoms with Crippen molar-refractivity contribution in [2.45, 2.75) is 25.7 Å². The van der Waals surface area contributed by atoms with Gasteiger partial charge in [-0.2, -0.15) is 0 Å². The quantitative estimate of drug-likeness (QED) is 0.824. The van der Waals surface area contributed by atoms with Crippen molar-refractivity contribution in [3.05, 3.63) is 24.3 Å². The summed E-state index contributed by atoms with van der Waals surface area (Å²) in [5.74, 6) is 1.16. The molecule has 3 heterocycles. The van der Waals surface area contributed by atoms with Crippen LogP contribution in [0.4, 0.5) is 5.13 Å². The molecule has 0 unspecified atom stereocenters. The first-order chi connectivity index (χ1) is 12.7. The Morgan fingerprint density at radius 2 is 1.88 bits per heavy atom. The maximum absolute atomic E-state index is 12.9. The number of benzene rings is 1. The highest BCUT2D eigenvalue weighted by molar-refractivity contribution is 7.22. The number of ether oxygens (including phenoxy) is 1. The Balaban J connectivity index is 1.31. The second-order valence-corrected chi connectivity index (χ2v) is 8.46. The molecule has 0 bridgehead atoms. The third-order valence-electron chi connectivity index (χ3n) is 5.73. The molecule has 1 aromatic carbocycles. The third-order valence-corrected chi connectivity index (χ3v) is 6.82. The zero-order valence-electron chi connectivity index (χ0n) is 15.4. The average molecular weight is 374 g/mol. The number of aromatic nitrogens is 1. The van der Waals surface area contributed by atoms with Crippen LogP contribution in [0, 0.1) is 11.8 Å². The second kappa shape index (κ2) is 7.92. The van der Waals surface area contributed by atoms with Crippen LogP contribution >= 0.6 is 11.3 Å². The third kappa shape index (κ3) is 3.71. The van der Waals surface area contributed by atoms with E-state index in [0.717, 1.165) is 69.1 Å². The van der Waals surface area contributed by atoms with Gasteiger partial charge in [-0.05, 0) is 43.7 Å². The summed E-state index contributed by atoms with van der Waals surface area (Å²) in [7, 11) is 1.76. The van der Waals surface area contributed by atoms with Gasteiger partial charge in [-0.1, -0.05) is 23.5 Å². The average Bonchev–Trinajstić information content (AvgIpc) is 3.13. The van der Waals surface area contributed by atoms with Crippen molar-refractivity contribution in [3.63, 3.8) is 0 Å². The number of rotatable bonds is 4. The van der Waals surface area contributed by atoms with Crippen LogP contribution < -0.4 is 4.90 Å². The monoisotopic (exact) mass is 373 g/mol. The number of amides is 1. The lowest BCUT2D eigenvalue weighted by atomic mass is 9.92. The summed E-state index contributed by atoms with van der Waals surface area (Å²) in [6.45, 7) is 4.46. The van der Waals surface area contributed by atoms with Crippen LogP contribution in [0.5, 0.6) is 0 Å². The highest BCUT2D eigenvalue weighted by Crippen LogP contribution is 2.32. The van der Waals surface area contributed by atoms with Gasteiger partial charge in [-0.3, -0.25) is 4.79 Å². The largest absolute Gasteiger partial charge is 0.384 e. The molecule has 0 radical (unpaired) electrons. The van der Waals surface area contributed by atoms with Crippen molar-refractivity contribution in [1.82, 2.24) is 9.88 Å². The van der Waals surface area contributed by atoms with Crippen LogP contribution in [0.25, 0.3) is 10.2 Å². The molecule has 5 nitrogen and oxygen atoms in total. The van der Waals surface area contributed by atoms with Gasteiger partial charge in [0, 0.05) is 45.8 Å². The summed E-state index contributed by atoms with van der Waals surface area (Å²) < 4.78 is 6.49. The van der Waals surface area contributed by atoms with Gasteiger partial charge in [0.1, 0.15) is 0 Å². The molecule has 2 saturated heterocycles. The summed E-state index contributed by atoms with van der Waals surface area (Å²) >= 11 is 1.75. The maximum Gasteiger partial charge on any atom is 0.225 e. The van der Waals surface area contributed by atoms with Gasteiger partial charge in [0.15, 0.2) is 5.13 Å². The highest BCUT2D eigenvalue weighted by atomic mass is 32.1. The molecule has 6 heteroatoms. The van der Waals surface area contributed by atoms with Gasteiger partial charge in [0.05, 0.1) is 10.2 Å². The minimum Gasteiger partial charge on any atom is -0.384 e. The predicted molar refractivity (Wildman–Crippen MR) is 106 cm³/mol. The number of thiazole rings is 1. The van der Waals surface area contributed by atoms with Gasteiger partial charge >= 0.3 is 0 Å². The van der Waals surface area contributed by atoms with Crippen molar-refractivity contribution in [1.29, 1.82) is 0 Å². The number of fused-ring (bicyclic) bond motifs is 1. The van der Waals surface area contributed by atoms with E-state index >= 15 is 0 Å². The number of para-hydroxylation sites is 1. The summed E-state index contributed by atoms with van der Waals surface area (Å²) in [6.07, 6.45) is 4.02. The van der Waals surface area contributed by atoms with Crippen molar-refractivity contribution in [3.8, 4) is 0 Å². The van der Waals surface area contributed by atoms with E-state index in [1.807, 2.05) is 6.07 Å². The van der Waals surface area contributed by atoms with Crippen LogP contribution in [-0.4, -0.2) is 55.7 Å². The molecular formula is C20H27N3O2S. The lowest BCUT2D eigenvalue weighted by Gasteiger charge is -2.37. The Kier molecular flexibility index (Phi) is 5.41. The van der Waals surface area contributed by atoms with E-state index in [2.05, 4.69) is 28.0 Å². The Morgan fingerprint density at radius 1 is 1.15 bits per heavy atom. The summed E-state index contributed by atoms with van der Waals surface area (Å²) in [5.41, 5.74) is 1.07. The van der Waals surface area contributed by atoms with E-state index in [0.29, 0.717) is 11.8 Å². The molecule has 0 saturated carbocycles. The number of carbonyl (C=O) groups is 1. The summed E-state index contributed by atoms with van der Waals surface area (Å²) in [6, 6.07) is 8.29. The Morgan fingerprint density at radius 3 is 2.58 bits per heavy atom. The van der Waals surface area contributed by atoms with Crippen LogP contribution in [0.3, 0.4) is 0 Å². The molecule has 2 aliphatic rings. The van der Waals surface area contributed by atoms with Crippen molar-refractivity contribution >= 4 is 32.6 Å². The molecule has 1 amide bonds. The Labute approximate surface area is 159 Å². The van der Waals surface area contributed by atoms with Gasteiger partial charge in [-0.25, -0.2) is 4.98 Å². The molecule has 0 atom stereocenters. The molecule has 2 fully saturated rings. The number of hydrogen-bond acceptors (Lipinski definition) is 5. The van der Waals surface area contributed by atoms with Crippen molar-refractivity contribution in [2.75, 3.05) is 44.8 Å². The fraction of sp³-hybridized carbons (Fsp3) is 0.600. The standard InChI is InChI=1S/C20H27N3O2S/c1-25-14-15-6-10-22(11-7-15)19(24)16-8-12-23(13-9-16)20-21-17-4-2-3-5-18(17)26-20/h2-5,15-16H,6-14H2,1H3. The normalized spacial score (nSPS) is 20.0. The first-order valence-corrected chi connectivity index (χ1v) is 10.4. The fourth-order valence-electron chi connectivity index (χ4n) is 4.13. The SMILES string of the molecule is COCC1CCN(C(=O)C2CCN(c3nc4ccccc4s3)CC2)CC1. The van der Waals surface area contributed by atoms with Gasteiger partial charge < -0.3 is 14.5 Å². The lowest BCUT2D eigenvalue weighted by molar-refractivity contribution is -0.137. The molecule has 0 spiro atoms. The van der Waals surface area contributed by atoms with E-state index < -0.39 is 0 Å². The molecule has 4 rings (SSSR count). The number of hydrogen-bond donors (Lipinski definition) is 0. The molecule has 0 N–H and O–H groups in total. The first-order valence-electron chi connectivity index (χ1n) is 9.63. The van der Waals surface area contributed by atoms with Gasteiger partial charge in [0.25, 0.3) is 0 Å². The molecule has 140 valence electrons. The minimum atomic E-state index is 0.180. The van der Waals surface area contributed by atoms with E-state index in [4.69, 9.17) is 9.72 Å². The zero-order chi connectivity index (χ0) is 17.9. The smallest absolute Gasteiger partial charge is 0.225 e. The molecule has 1 aromatic heterocycles. The fourth-order valence-corrected chi connectivity index (χ4v) is 5.14. The van der Waals surface area contributed by atoms with Gasteiger partial charge in [0.2, 0.25) is 5.91 Å². The zero-order valence-corrected chi connectivity index (χ0v) is 16.2. The summed E-state index contributed by atoms with van der Waals surface area (Å²) in [5, 5.41) is 1.09. The summed E-state index contributed by atoms with van der Waals surface area (Å²) in [4.78, 5) is 22.1. The lowest BCUT2D eigenvalue weighted by Crippen LogP contribution is -2.45. The number of nitrogens with zero attached hydrogens (tertiary/aromatic N) is 3. The Hall–Kier alpha value is -1.66.